The van der Waals surface area contributed by atoms with Gasteiger partial charge in [0.2, 0.25) is 0 Å². The Morgan fingerprint density at radius 3 is 2.78 bits per heavy atom. The highest BCUT2D eigenvalue weighted by Crippen LogP contribution is 2.31. The van der Waals surface area contributed by atoms with E-state index in [-0.39, 0.29) is 11.8 Å². The summed E-state index contributed by atoms with van der Waals surface area (Å²) in [6, 6.07) is 17.8. The maximum Gasteiger partial charge on any atom is 0.337 e. The van der Waals surface area contributed by atoms with Crippen LogP contribution in [0.4, 0.5) is 4.39 Å². The molecule has 0 aliphatic rings. The second kappa shape index (κ2) is 7.03. The molecule has 0 N–H and O–H groups in total. The standard InChI is InChI=1S/C22H17FN2O2/c1-27-22(26)16-8-4-7-15(12-16)19-14-25(21-18(19)9-5-11-24-21)13-17-6-2-3-10-20(17)23/h2-12,14H,13H2,1H3. The summed E-state index contributed by atoms with van der Waals surface area (Å²) in [5.74, 6) is -0.630. The molecule has 4 nitrogen and oxygen atoms in total. The van der Waals surface area contributed by atoms with Crippen LogP contribution in [0, 0.1) is 5.82 Å². The normalized spacial score (nSPS) is 10.9. The molecule has 0 atom stereocenters. The van der Waals surface area contributed by atoms with Crippen molar-refractivity contribution in [3.05, 3.63) is 90.0 Å². The molecule has 0 fully saturated rings. The summed E-state index contributed by atoms with van der Waals surface area (Å²) >= 11 is 0. The molecule has 0 aliphatic heterocycles. The first-order valence-corrected chi connectivity index (χ1v) is 8.53. The second-order valence-corrected chi connectivity index (χ2v) is 6.21. The molecule has 134 valence electrons. The minimum atomic E-state index is -0.384. The maximum absolute atomic E-state index is 14.1. The highest BCUT2D eigenvalue weighted by molar-refractivity contribution is 5.96. The number of rotatable bonds is 4. The number of aromatic nitrogens is 2. The predicted molar refractivity (Wildman–Crippen MR) is 102 cm³/mol. The zero-order valence-corrected chi connectivity index (χ0v) is 14.7. The molecule has 5 heteroatoms. The Hall–Kier alpha value is -3.47. The van der Waals surface area contributed by atoms with Crippen molar-refractivity contribution in [3.8, 4) is 11.1 Å². The van der Waals surface area contributed by atoms with Crippen molar-refractivity contribution in [1.82, 2.24) is 9.55 Å². The lowest BCUT2D eigenvalue weighted by Gasteiger charge is -2.05. The number of carbonyl (C=O) groups is 1. The highest BCUT2D eigenvalue weighted by Gasteiger charge is 2.14. The van der Waals surface area contributed by atoms with Gasteiger partial charge in [0.15, 0.2) is 0 Å². The number of halogens is 1. The Bertz CT molecular complexity index is 1130. The van der Waals surface area contributed by atoms with E-state index in [9.17, 15) is 9.18 Å². The van der Waals surface area contributed by atoms with E-state index in [1.165, 1.54) is 13.2 Å². The molecule has 2 heterocycles. The van der Waals surface area contributed by atoms with Gasteiger partial charge in [0.05, 0.1) is 19.2 Å². The number of nitrogens with zero attached hydrogens (tertiary/aromatic N) is 2. The van der Waals surface area contributed by atoms with Crippen LogP contribution in [0.15, 0.2) is 73.1 Å². The second-order valence-electron chi connectivity index (χ2n) is 6.21. The molecule has 2 aromatic heterocycles. The number of carbonyl (C=O) groups excluding carboxylic acids is 1. The predicted octanol–water partition coefficient (Wildman–Crippen LogP) is 4.68. The molecule has 0 saturated heterocycles. The van der Waals surface area contributed by atoms with E-state index in [1.807, 2.05) is 41.1 Å². The molecule has 0 unspecified atom stereocenters. The average molecular weight is 360 g/mol. The third-order valence-corrected chi connectivity index (χ3v) is 4.53. The fourth-order valence-electron chi connectivity index (χ4n) is 3.21. The molecule has 4 aromatic rings. The minimum Gasteiger partial charge on any atom is -0.465 e. The Kier molecular flexibility index (Phi) is 4.42. The summed E-state index contributed by atoms with van der Waals surface area (Å²) in [5, 5.41) is 0.941. The van der Waals surface area contributed by atoms with Crippen LogP contribution in [0.1, 0.15) is 15.9 Å². The Labute approximate surface area is 155 Å². The first-order chi connectivity index (χ1) is 13.2. The van der Waals surface area contributed by atoms with Gasteiger partial charge in [-0.1, -0.05) is 30.3 Å². The van der Waals surface area contributed by atoms with Gasteiger partial charge in [0.1, 0.15) is 11.5 Å². The summed E-state index contributed by atoms with van der Waals surface area (Å²) in [4.78, 5) is 16.3. The number of benzene rings is 2. The van der Waals surface area contributed by atoms with Crippen LogP contribution in [-0.4, -0.2) is 22.6 Å². The van der Waals surface area contributed by atoms with Crippen molar-refractivity contribution < 1.29 is 13.9 Å². The van der Waals surface area contributed by atoms with Gasteiger partial charge < -0.3 is 9.30 Å². The van der Waals surface area contributed by atoms with Gasteiger partial charge in [-0.15, -0.1) is 0 Å². The summed E-state index contributed by atoms with van der Waals surface area (Å²) in [6.45, 7) is 0.372. The van der Waals surface area contributed by atoms with Crippen molar-refractivity contribution in [1.29, 1.82) is 0 Å². The van der Waals surface area contributed by atoms with Crippen molar-refractivity contribution in [2.75, 3.05) is 7.11 Å². The van der Waals surface area contributed by atoms with Gasteiger partial charge >= 0.3 is 5.97 Å². The van der Waals surface area contributed by atoms with E-state index in [0.717, 1.165) is 22.2 Å². The largest absolute Gasteiger partial charge is 0.465 e. The van der Waals surface area contributed by atoms with Crippen LogP contribution < -0.4 is 0 Å². The van der Waals surface area contributed by atoms with Gasteiger partial charge in [-0.05, 0) is 35.9 Å². The summed E-state index contributed by atoms with van der Waals surface area (Å²) in [7, 11) is 1.36. The van der Waals surface area contributed by atoms with Gasteiger partial charge in [0.25, 0.3) is 0 Å². The smallest absolute Gasteiger partial charge is 0.337 e. The van der Waals surface area contributed by atoms with E-state index in [4.69, 9.17) is 4.74 Å². The summed E-state index contributed by atoms with van der Waals surface area (Å²) in [5.41, 5.74) is 3.64. The van der Waals surface area contributed by atoms with Crippen LogP contribution >= 0.6 is 0 Å². The number of ether oxygens (including phenoxy) is 1. The lowest BCUT2D eigenvalue weighted by atomic mass is 10.0. The van der Waals surface area contributed by atoms with Crippen LogP contribution in [0.5, 0.6) is 0 Å². The van der Waals surface area contributed by atoms with Gasteiger partial charge in [-0.2, -0.15) is 0 Å². The SMILES string of the molecule is COC(=O)c1cccc(-c2cn(Cc3ccccc3F)c3ncccc23)c1. The minimum absolute atomic E-state index is 0.246. The zero-order chi connectivity index (χ0) is 18.8. The molecule has 27 heavy (non-hydrogen) atoms. The lowest BCUT2D eigenvalue weighted by Crippen LogP contribution is -2.01. The van der Waals surface area contributed by atoms with E-state index in [0.29, 0.717) is 17.7 Å². The van der Waals surface area contributed by atoms with E-state index < -0.39 is 0 Å². The molecular weight excluding hydrogens is 343 g/mol. The van der Waals surface area contributed by atoms with Gasteiger partial charge in [0, 0.05) is 28.9 Å². The molecule has 2 aromatic carbocycles. The molecule has 0 amide bonds. The number of hydrogen-bond donors (Lipinski definition) is 0. The van der Waals surface area contributed by atoms with Crippen molar-refractivity contribution >= 4 is 17.0 Å². The Morgan fingerprint density at radius 1 is 1.11 bits per heavy atom. The Morgan fingerprint density at radius 2 is 1.96 bits per heavy atom. The average Bonchev–Trinajstić information content (AvgIpc) is 3.08. The fourth-order valence-corrected chi connectivity index (χ4v) is 3.21. The summed E-state index contributed by atoms with van der Waals surface area (Å²) in [6.07, 6.45) is 3.66. The quantitative estimate of drug-likeness (QED) is 0.497. The van der Waals surface area contributed by atoms with Gasteiger partial charge in [-0.3, -0.25) is 0 Å². The number of pyridine rings is 1. The number of methoxy groups -OCH3 is 1. The Balaban J connectivity index is 1.83. The maximum atomic E-state index is 14.1. The monoisotopic (exact) mass is 360 g/mol. The number of esters is 1. The third kappa shape index (κ3) is 3.19. The first kappa shape index (κ1) is 17.0. The van der Waals surface area contributed by atoms with Gasteiger partial charge in [-0.25, -0.2) is 14.2 Å². The summed E-state index contributed by atoms with van der Waals surface area (Å²) < 4.78 is 20.8. The van der Waals surface area contributed by atoms with E-state index >= 15 is 0 Å². The number of fused-ring (bicyclic) bond motifs is 1. The lowest BCUT2D eigenvalue weighted by molar-refractivity contribution is 0.0601. The molecular formula is C22H17FN2O2. The van der Waals surface area contributed by atoms with E-state index in [1.54, 1.807) is 30.5 Å². The fraction of sp³-hybridized carbons (Fsp3) is 0.0909. The van der Waals surface area contributed by atoms with Crippen molar-refractivity contribution in [2.24, 2.45) is 0 Å². The molecule has 0 aliphatic carbocycles. The zero-order valence-electron chi connectivity index (χ0n) is 14.7. The van der Waals surface area contributed by atoms with Crippen molar-refractivity contribution in [2.45, 2.75) is 6.54 Å². The molecule has 0 spiro atoms. The highest BCUT2D eigenvalue weighted by atomic mass is 19.1. The molecule has 0 saturated carbocycles. The third-order valence-electron chi connectivity index (χ3n) is 4.53. The molecule has 0 radical (unpaired) electrons. The van der Waals surface area contributed by atoms with Crippen LogP contribution in [0.25, 0.3) is 22.2 Å². The first-order valence-electron chi connectivity index (χ1n) is 8.53. The van der Waals surface area contributed by atoms with Crippen molar-refractivity contribution in [3.63, 3.8) is 0 Å². The molecule has 0 bridgehead atoms. The topological polar surface area (TPSA) is 44.1 Å². The van der Waals surface area contributed by atoms with Crippen LogP contribution in [0.2, 0.25) is 0 Å². The van der Waals surface area contributed by atoms with Crippen LogP contribution in [0.3, 0.4) is 0 Å². The van der Waals surface area contributed by atoms with Crippen LogP contribution in [-0.2, 0) is 11.3 Å². The molecule has 4 rings (SSSR count). The number of hydrogen-bond acceptors (Lipinski definition) is 3. The van der Waals surface area contributed by atoms with E-state index in [2.05, 4.69) is 4.98 Å².